The number of aromatic nitrogens is 1. The molecule has 1 aliphatic carbocycles. The first-order valence-corrected chi connectivity index (χ1v) is 20.7. The summed E-state index contributed by atoms with van der Waals surface area (Å²) in [5, 5.41) is 17.6. The Morgan fingerprint density at radius 2 is 1.71 bits per heavy atom. The van der Waals surface area contributed by atoms with Crippen LogP contribution in [-0.2, 0) is 31.3 Å². The lowest BCUT2D eigenvalue weighted by Gasteiger charge is -2.45. The van der Waals surface area contributed by atoms with Crippen molar-refractivity contribution in [2.24, 2.45) is 0 Å². The van der Waals surface area contributed by atoms with Gasteiger partial charge in [-0.15, -0.1) is 12.6 Å². The van der Waals surface area contributed by atoms with E-state index in [1.807, 2.05) is 13.8 Å². The number of piperidine rings is 1. The number of hydrogen-bond donors (Lipinski definition) is 4. The van der Waals surface area contributed by atoms with Crippen LogP contribution in [0.3, 0.4) is 0 Å². The van der Waals surface area contributed by atoms with Gasteiger partial charge in [0.05, 0.1) is 29.6 Å². The number of rotatable bonds is 12. The van der Waals surface area contributed by atoms with Crippen LogP contribution in [0.25, 0.3) is 0 Å². The minimum Gasteiger partial charge on any atom is -0.492 e. The van der Waals surface area contributed by atoms with E-state index < -0.39 is 57.8 Å². The van der Waals surface area contributed by atoms with Gasteiger partial charge in [-0.25, -0.2) is 13.8 Å². The molecule has 0 bridgehead atoms. The summed E-state index contributed by atoms with van der Waals surface area (Å²) in [6.07, 6.45) is -2.06. The zero-order valence-corrected chi connectivity index (χ0v) is 35.0. The Kier molecular flexibility index (Phi) is 12.4. The summed E-state index contributed by atoms with van der Waals surface area (Å²) in [7, 11) is 0. The number of carbonyl (C=O) groups is 4. The van der Waals surface area contributed by atoms with E-state index in [1.54, 1.807) is 29.2 Å². The first-order valence-electron chi connectivity index (χ1n) is 20.2. The molecule has 14 nitrogen and oxygen atoms in total. The van der Waals surface area contributed by atoms with Crippen LogP contribution in [0.1, 0.15) is 69.7 Å². The van der Waals surface area contributed by atoms with Crippen LogP contribution >= 0.6 is 12.6 Å². The lowest BCUT2D eigenvalue weighted by Crippen LogP contribution is -2.58. The minimum absolute atomic E-state index is 0.0456. The van der Waals surface area contributed by atoms with Gasteiger partial charge < -0.3 is 20.3 Å². The van der Waals surface area contributed by atoms with E-state index in [4.69, 9.17) is 4.74 Å². The van der Waals surface area contributed by atoms with Crippen molar-refractivity contribution in [2.75, 3.05) is 53.2 Å². The SMILES string of the molecule is C[C@@H]1CN(CCOc2ccc(N3C(S)N(c4cnc(C#N)c(C(F)(F)F)c4)C(=O)C34CCC4)cc2C(C)(F)F)C[C@H](C)N1CC(=O)Nc1cccc(NC2CCC(=O)NC2=O)c1. The van der Waals surface area contributed by atoms with Crippen molar-refractivity contribution in [1.82, 2.24) is 20.1 Å². The third kappa shape index (κ3) is 9.01. The summed E-state index contributed by atoms with van der Waals surface area (Å²) in [6, 6.07) is 12.6. The number of imide groups is 1. The smallest absolute Gasteiger partial charge is 0.419 e. The van der Waals surface area contributed by atoms with Crippen LogP contribution in [0.15, 0.2) is 54.7 Å². The molecule has 0 radical (unpaired) electrons. The molecule has 3 saturated heterocycles. The van der Waals surface area contributed by atoms with Crippen molar-refractivity contribution in [1.29, 1.82) is 5.26 Å². The fourth-order valence-electron chi connectivity index (χ4n) is 8.72. The molecule has 3 aromatic rings. The summed E-state index contributed by atoms with van der Waals surface area (Å²) < 4.78 is 78.1. The molecule has 4 heterocycles. The second kappa shape index (κ2) is 17.3. The Balaban J connectivity index is 0.973. The average Bonchev–Trinajstić information content (AvgIpc) is 3.43. The summed E-state index contributed by atoms with van der Waals surface area (Å²) in [5.41, 5.74) is -3.87. The van der Waals surface area contributed by atoms with Crippen molar-refractivity contribution in [3.63, 3.8) is 0 Å². The Hall–Kier alpha value is -5.52. The largest absolute Gasteiger partial charge is 0.492 e. The van der Waals surface area contributed by atoms with Crippen LogP contribution in [0, 0.1) is 11.3 Å². The number of carbonyl (C=O) groups excluding carboxylic acids is 4. The Labute approximate surface area is 360 Å². The molecule has 4 aliphatic rings. The van der Waals surface area contributed by atoms with Gasteiger partial charge in [0.15, 0.2) is 11.2 Å². The molecular formula is C42H46F5N9O5S. The first kappa shape index (κ1) is 44.5. The van der Waals surface area contributed by atoms with Crippen molar-refractivity contribution in [2.45, 2.75) is 94.1 Å². The quantitative estimate of drug-likeness (QED) is 0.100. The Bertz CT molecular complexity index is 2270. The highest BCUT2D eigenvalue weighted by Gasteiger charge is 2.60. The molecule has 4 fully saturated rings. The summed E-state index contributed by atoms with van der Waals surface area (Å²) in [4.78, 5) is 61.3. The predicted octanol–water partition coefficient (Wildman–Crippen LogP) is 5.70. The molecule has 4 amide bonds. The maximum absolute atomic E-state index is 15.3. The second-order valence-electron chi connectivity index (χ2n) is 16.3. The highest BCUT2D eigenvalue weighted by Crippen LogP contribution is 2.51. The number of hydrogen-bond acceptors (Lipinski definition) is 12. The lowest BCUT2D eigenvalue weighted by atomic mass is 9.75. The first-order chi connectivity index (χ1) is 29.3. The molecule has 3 N–H and O–H groups in total. The number of ether oxygens (including phenoxy) is 1. The summed E-state index contributed by atoms with van der Waals surface area (Å²) in [5.74, 6) is -4.94. The lowest BCUT2D eigenvalue weighted by molar-refractivity contribution is -0.138. The highest BCUT2D eigenvalue weighted by molar-refractivity contribution is 7.81. The average molecular weight is 884 g/mol. The van der Waals surface area contributed by atoms with Crippen molar-refractivity contribution in [3.8, 4) is 11.8 Å². The number of benzene rings is 2. The molecule has 7 rings (SSSR count). The Morgan fingerprint density at radius 3 is 2.34 bits per heavy atom. The molecule has 2 aromatic carbocycles. The Morgan fingerprint density at radius 1 is 1.02 bits per heavy atom. The van der Waals surface area contributed by atoms with E-state index in [9.17, 15) is 37.6 Å². The molecule has 1 spiro atoms. The third-order valence-electron chi connectivity index (χ3n) is 11.9. The van der Waals surface area contributed by atoms with Crippen LogP contribution in [0.2, 0.25) is 0 Å². The zero-order valence-electron chi connectivity index (χ0n) is 34.1. The molecule has 62 heavy (non-hydrogen) atoms. The van der Waals surface area contributed by atoms with Crippen LogP contribution in [0.5, 0.6) is 5.75 Å². The molecular weight excluding hydrogens is 838 g/mol. The molecule has 20 heteroatoms. The standard InChI is InChI=1S/C42H46F5N9O5S/c1-24-21-53(22-25(2)54(24)23-36(58)51-27-7-4-6-26(16-27)50-32-9-11-35(57)52-37(32)59)14-15-61-34-10-8-28(17-31(34)40(3,43)44)56-39(62)55(38(60)41(56)12-5-13-41)29-18-30(42(45,46)47)33(19-48)49-20-29/h4,6-8,10,16-18,20,24-25,32,39,50,62H,5,9,11-15,21-23H2,1-3H3,(H,51,58)(H,52,57,59)/t24-,25+,32?,39?. The monoisotopic (exact) mass is 883 g/mol. The maximum Gasteiger partial charge on any atom is 0.419 e. The van der Waals surface area contributed by atoms with Crippen LogP contribution in [0.4, 0.5) is 44.7 Å². The predicted molar refractivity (Wildman–Crippen MR) is 222 cm³/mol. The molecule has 4 atom stereocenters. The van der Waals surface area contributed by atoms with Gasteiger partial charge in [0.25, 0.3) is 11.8 Å². The van der Waals surface area contributed by atoms with Crippen molar-refractivity contribution in [3.05, 3.63) is 71.5 Å². The number of nitrogens with one attached hydrogen (secondary N) is 3. The van der Waals surface area contributed by atoms with E-state index in [-0.39, 0.29) is 60.6 Å². The normalized spacial score (nSPS) is 23.2. The number of nitrogens with zero attached hydrogens (tertiary/aromatic N) is 6. The number of anilines is 4. The van der Waals surface area contributed by atoms with Gasteiger partial charge in [-0.2, -0.15) is 18.4 Å². The molecule has 2 unspecified atom stereocenters. The summed E-state index contributed by atoms with van der Waals surface area (Å²) >= 11 is 4.64. The number of piperazine rings is 1. The number of thiol groups is 1. The zero-order chi connectivity index (χ0) is 44.7. The maximum atomic E-state index is 15.3. The van der Waals surface area contributed by atoms with E-state index in [2.05, 4.69) is 43.4 Å². The molecule has 330 valence electrons. The van der Waals surface area contributed by atoms with Gasteiger partial charge in [-0.1, -0.05) is 6.07 Å². The number of alkyl halides is 5. The van der Waals surface area contributed by atoms with Gasteiger partial charge in [0.2, 0.25) is 17.7 Å². The number of nitriles is 1. The van der Waals surface area contributed by atoms with Crippen LogP contribution < -0.4 is 30.5 Å². The van der Waals surface area contributed by atoms with Gasteiger partial charge in [-0.3, -0.25) is 39.2 Å². The fraction of sp³-hybridized carbons (Fsp3) is 0.476. The fourth-order valence-corrected chi connectivity index (χ4v) is 9.32. The van der Waals surface area contributed by atoms with Crippen molar-refractivity contribution >= 4 is 59.0 Å². The van der Waals surface area contributed by atoms with Crippen LogP contribution in [-0.4, -0.2) is 100 Å². The molecule has 1 saturated carbocycles. The van der Waals surface area contributed by atoms with E-state index in [0.717, 1.165) is 18.0 Å². The van der Waals surface area contributed by atoms with E-state index in [1.165, 1.54) is 24.3 Å². The van der Waals surface area contributed by atoms with E-state index >= 15 is 8.78 Å². The third-order valence-corrected chi connectivity index (χ3v) is 12.4. The summed E-state index contributed by atoms with van der Waals surface area (Å²) in [6.45, 7) is 6.45. The van der Waals surface area contributed by atoms with Gasteiger partial charge in [0.1, 0.15) is 30.0 Å². The van der Waals surface area contributed by atoms with Crippen molar-refractivity contribution < 1.29 is 45.9 Å². The minimum atomic E-state index is -4.92. The highest BCUT2D eigenvalue weighted by atomic mass is 32.1. The molecule has 3 aliphatic heterocycles. The van der Waals surface area contributed by atoms with E-state index in [0.29, 0.717) is 62.8 Å². The van der Waals surface area contributed by atoms with Gasteiger partial charge in [0, 0.05) is 62.1 Å². The van der Waals surface area contributed by atoms with Gasteiger partial charge >= 0.3 is 6.18 Å². The topological polar surface area (TPSA) is 163 Å². The van der Waals surface area contributed by atoms with Gasteiger partial charge in [-0.05, 0) is 82.0 Å². The number of halogens is 5. The molecule has 1 aromatic heterocycles. The number of amides is 4. The number of pyridine rings is 1. The second-order valence-corrected chi connectivity index (χ2v) is 16.8.